The van der Waals surface area contributed by atoms with Crippen molar-refractivity contribution in [2.75, 3.05) is 11.9 Å². The lowest BCUT2D eigenvalue weighted by Gasteiger charge is -2.09. The molecule has 0 aliphatic heterocycles. The third kappa shape index (κ3) is 2.46. The Morgan fingerprint density at radius 2 is 2.00 bits per heavy atom. The van der Waals surface area contributed by atoms with Gasteiger partial charge in [0.15, 0.2) is 5.82 Å². The summed E-state index contributed by atoms with van der Waals surface area (Å²) < 4.78 is 0. The first-order chi connectivity index (χ1) is 8.86. The Bertz CT molecular complexity index is 572. The van der Waals surface area contributed by atoms with Crippen LogP contribution in [0.2, 0.25) is 0 Å². The number of benzene rings is 1. The number of nitrogens with zero attached hydrogens (tertiary/aromatic N) is 3. The molecule has 0 amide bonds. The minimum absolute atomic E-state index is 0.609. The van der Waals surface area contributed by atoms with Gasteiger partial charge in [-0.1, -0.05) is 25.1 Å². The van der Waals surface area contributed by atoms with Crippen molar-refractivity contribution in [1.82, 2.24) is 9.97 Å². The van der Waals surface area contributed by atoms with Crippen molar-refractivity contribution < 1.29 is 0 Å². The molecule has 0 atom stereocenters. The number of aromatic nitrogens is 2. The van der Waals surface area contributed by atoms with E-state index in [9.17, 15) is 0 Å². The summed E-state index contributed by atoms with van der Waals surface area (Å²) in [4.78, 5) is 8.62. The highest BCUT2D eigenvalue weighted by atomic mass is 15.0. The SMILES string of the molecule is CCCNc1nccnc1-c1ccccc1C#N. The molecule has 0 fully saturated rings. The van der Waals surface area contributed by atoms with Crippen LogP contribution in [0.15, 0.2) is 36.7 Å². The van der Waals surface area contributed by atoms with Crippen molar-refractivity contribution in [2.45, 2.75) is 13.3 Å². The standard InChI is InChI=1S/C14H14N4/c1-2-7-17-14-13(16-8-9-18-14)12-6-4-3-5-11(12)10-15/h3-6,8-9H,2,7H2,1H3,(H,17,18). The molecule has 0 unspecified atom stereocenters. The van der Waals surface area contributed by atoms with E-state index in [4.69, 9.17) is 5.26 Å². The second-order valence-corrected chi connectivity index (χ2v) is 3.84. The quantitative estimate of drug-likeness (QED) is 0.889. The molecule has 1 N–H and O–H groups in total. The number of hydrogen-bond donors (Lipinski definition) is 1. The van der Waals surface area contributed by atoms with Gasteiger partial charge >= 0.3 is 0 Å². The summed E-state index contributed by atoms with van der Waals surface area (Å²) in [6, 6.07) is 9.60. The van der Waals surface area contributed by atoms with Crippen LogP contribution < -0.4 is 5.32 Å². The molecule has 18 heavy (non-hydrogen) atoms. The van der Waals surface area contributed by atoms with Crippen LogP contribution in [-0.4, -0.2) is 16.5 Å². The fraction of sp³-hybridized carbons (Fsp3) is 0.214. The maximum Gasteiger partial charge on any atom is 0.152 e. The monoisotopic (exact) mass is 238 g/mol. The van der Waals surface area contributed by atoms with Crippen LogP contribution in [0.5, 0.6) is 0 Å². The molecule has 4 nitrogen and oxygen atoms in total. The highest BCUT2D eigenvalue weighted by Gasteiger charge is 2.10. The fourth-order valence-electron chi connectivity index (χ4n) is 1.70. The van der Waals surface area contributed by atoms with Gasteiger partial charge < -0.3 is 5.32 Å². The average molecular weight is 238 g/mol. The zero-order chi connectivity index (χ0) is 12.8. The van der Waals surface area contributed by atoms with E-state index < -0.39 is 0 Å². The Morgan fingerprint density at radius 1 is 1.22 bits per heavy atom. The van der Waals surface area contributed by atoms with E-state index in [1.807, 2.05) is 18.2 Å². The van der Waals surface area contributed by atoms with Crippen molar-refractivity contribution in [3.63, 3.8) is 0 Å². The van der Waals surface area contributed by atoms with Gasteiger partial charge in [0, 0.05) is 24.5 Å². The molecule has 0 aliphatic rings. The van der Waals surface area contributed by atoms with Gasteiger partial charge in [-0.25, -0.2) is 4.98 Å². The third-order valence-corrected chi connectivity index (χ3v) is 2.54. The number of anilines is 1. The lowest BCUT2D eigenvalue weighted by atomic mass is 10.1. The molecule has 2 aromatic rings. The minimum Gasteiger partial charge on any atom is -0.368 e. The molecule has 1 aromatic heterocycles. The second-order valence-electron chi connectivity index (χ2n) is 3.84. The summed E-state index contributed by atoms with van der Waals surface area (Å²) in [6.45, 7) is 2.92. The summed E-state index contributed by atoms with van der Waals surface area (Å²) in [6.07, 6.45) is 4.30. The van der Waals surface area contributed by atoms with E-state index in [0.717, 1.165) is 30.0 Å². The van der Waals surface area contributed by atoms with Crippen LogP contribution >= 0.6 is 0 Å². The summed E-state index contributed by atoms with van der Waals surface area (Å²) in [7, 11) is 0. The van der Waals surface area contributed by atoms with Gasteiger partial charge in [0.25, 0.3) is 0 Å². The molecule has 1 heterocycles. The molecule has 0 saturated heterocycles. The van der Waals surface area contributed by atoms with Crippen molar-refractivity contribution in [2.24, 2.45) is 0 Å². The lowest BCUT2D eigenvalue weighted by molar-refractivity contribution is 0.966. The lowest BCUT2D eigenvalue weighted by Crippen LogP contribution is -2.05. The Labute approximate surface area is 106 Å². The first kappa shape index (κ1) is 12.1. The summed E-state index contributed by atoms with van der Waals surface area (Å²) in [5.41, 5.74) is 2.15. The summed E-state index contributed by atoms with van der Waals surface area (Å²) in [5.74, 6) is 0.724. The number of nitriles is 1. The summed E-state index contributed by atoms with van der Waals surface area (Å²) in [5, 5.41) is 12.4. The van der Waals surface area contributed by atoms with Crippen LogP contribution in [0.3, 0.4) is 0 Å². The molecule has 0 radical (unpaired) electrons. The predicted molar refractivity (Wildman–Crippen MR) is 71.0 cm³/mol. The van der Waals surface area contributed by atoms with E-state index >= 15 is 0 Å². The first-order valence-electron chi connectivity index (χ1n) is 5.91. The van der Waals surface area contributed by atoms with Crippen molar-refractivity contribution >= 4 is 5.82 Å². The molecule has 1 aromatic carbocycles. The van der Waals surface area contributed by atoms with Gasteiger partial charge in [-0.15, -0.1) is 0 Å². The van der Waals surface area contributed by atoms with E-state index in [1.165, 1.54) is 0 Å². The molecular formula is C14H14N4. The van der Waals surface area contributed by atoms with Gasteiger partial charge in [-0.05, 0) is 12.5 Å². The van der Waals surface area contributed by atoms with Crippen LogP contribution in [0.1, 0.15) is 18.9 Å². The molecular weight excluding hydrogens is 224 g/mol. The van der Waals surface area contributed by atoms with Gasteiger partial charge in [0.05, 0.1) is 11.6 Å². The van der Waals surface area contributed by atoms with E-state index in [-0.39, 0.29) is 0 Å². The Balaban J connectivity index is 2.47. The van der Waals surface area contributed by atoms with Gasteiger partial charge in [-0.2, -0.15) is 5.26 Å². The van der Waals surface area contributed by atoms with Gasteiger partial charge in [-0.3, -0.25) is 4.98 Å². The molecule has 0 aliphatic carbocycles. The number of rotatable bonds is 4. The smallest absolute Gasteiger partial charge is 0.152 e. The predicted octanol–water partition coefficient (Wildman–Crippen LogP) is 2.84. The molecule has 0 spiro atoms. The Kier molecular flexibility index (Phi) is 3.87. The Hall–Kier alpha value is -2.41. The minimum atomic E-state index is 0.609. The molecule has 2 rings (SSSR count). The average Bonchev–Trinajstić information content (AvgIpc) is 2.45. The van der Waals surface area contributed by atoms with E-state index in [2.05, 4.69) is 28.3 Å². The molecule has 4 heteroatoms. The molecule has 0 saturated carbocycles. The van der Waals surface area contributed by atoms with E-state index in [0.29, 0.717) is 5.56 Å². The van der Waals surface area contributed by atoms with Crippen molar-refractivity contribution in [3.05, 3.63) is 42.2 Å². The summed E-state index contributed by atoms with van der Waals surface area (Å²) >= 11 is 0. The zero-order valence-electron chi connectivity index (χ0n) is 10.2. The maximum absolute atomic E-state index is 9.13. The zero-order valence-corrected chi connectivity index (χ0v) is 10.2. The van der Waals surface area contributed by atoms with Crippen LogP contribution in [0, 0.1) is 11.3 Å². The van der Waals surface area contributed by atoms with Crippen LogP contribution in [-0.2, 0) is 0 Å². The van der Waals surface area contributed by atoms with Crippen molar-refractivity contribution in [1.29, 1.82) is 5.26 Å². The first-order valence-corrected chi connectivity index (χ1v) is 5.91. The maximum atomic E-state index is 9.13. The fourth-order valence-corrected chi connectivity index (χ4v) is 1.70. The van der Waals surface area contributed by atoms with E-state index in [1.54, 1.807) is 18.5 Å². The molecule has 90 valence electrons. The largest absolute Gasteiger partial charge is 0.368 e. The topological polar surface area (TPSA) is 61.6 Å². The van der Waals surface area contributed by atoms with Gasteiger partial charge in [0.1, 0.15) is 5.69 Å². The normalized spacial score (nSPS) is 9.78. The third-order valence-electron chi connectivity index (χ3n) is 2.54. The highest BCUT2D eigenvalue weighted by molar-refractivity contribution is 5.75. The number of hydrogen-bond acceptors (Lipinski definition) is 4. The van der Waals surface area contributed by atoms with Crippen LogP contribution in [0.25, 0.3) is 11.3 Å². The van der Waals surface area contributed by atoms with Crippen molar-refractivity contribution in [3.8, 4) is 17.3 Å². The number of nitrogens with one attached hydrogen (secondary N) is 1. The highest BCUT2D eigenvalue weighted by Crippen LogP contribution is 2.26. The van der Waals surface area contributed by atoms with Crippen LogP contribution in [0.4, 0.5) is 5.82 Å². The van der Waals surface area contributed by atoms with Gasteiger partial charge in [0.2, 0.25) is 0 Å². The molecule has 0 bridgehead atoms. The Morgan fingerprint density at radius 3 is 2.78 bits per heavy atom. The second kappa shape index (κ2) is 5.78.